The summed E-state index contributed by atoms with van der Waals surface area (Å²) >= 11 is 0. The van der Waals surface area contributed by atoms with Gasteiger partial charge in [-0.05, 0) is 37.9 Å². The summed E-state index contributed by atoms with van der Waals surface area (Å²) in [4.78, 5) is 8.40. The van der Waals surface area contributed by atoms with E-state index >= 15 is 0 Å². The smallest absolute Gasteiger partial charge is 0.192 e. The molecule has 0 bridgehead atoms. The molecule has 5 nitrogen and oxygen atoms in total. The van der Waals surface area contributed by atoms with Crippen molar-refractivity contribution in [3.8, 4) is 0 Å². The fourth-order valence-electron chi connectivity index (χ4n) is 2.84. The van der Waals surface area contributed by atoms with Gasteiger partial charge >= 0.3 is 0 Å². The molecular formula is C17H31N3O2Si. The lowest BCUT2D eigenvalue weighted by Crippen LogP contribution is -2.45. The van der Waals surface area contributed by atoms with Gasteiger partial charge in [-0.2, -0.15) is 0 Å². The van der Waals surface area contributed by atoms with Gasteiger partial charge in [0.2, 0.25) is 0 Å². The monoisotopic (exact) mass is 337 g/mol. The van der Waals surface area contributed by atoms with Gasteiger partial charge in [-0.3, -0.25) is 0 Å². The zero-order chi connectivity index (χ0) is 17.3. The predicted octanol–water partition coefficient (Wildman–Crippen LogP) is 3.36. The van der Waals surface area contributed by atoms with Gasteiger partial charge in [0, 0.05) is 30.3 Å². The van der Waals surface area contributed by atoms with Crippen LogP contribution >= 0.6 is 0 Å². The Balaban J connectivity index is 2.03. The van der Waals surface area contributed by atoms with Gasteiger partial charge in [-0.15, -0.1) is 0 Å². The first kappa shape index (κ1) is 18.4. The summed E-state index contributed by atoms with van der Waals surface area (Å²) < 4.78 is 6.56. The molecule has 0 aliphatic heterocycles. The molecule has 1 saturated carbocycles. The van der Waals surface area contributed by atoms with E-state index in [0.29, 0.717) is 0 Å². The Kier molecular flexibility index (Phi) is 5.48. The summed E-state index contributed by atoms with van der Waals surface area (Å²) in [6, 6.07) is 2.24. The van der Waals surface area contributed by atoms with Gasteiger partial charge in [0.25, 0.3) is 0 Å². The van der Waals surface area contributed by atoms with Crippen molar-refractivity contribution in [1.82, 2.24) is 9.97 Å². The first-order chi connectivity index (χ1) is 10.6. The Morgan fingerprint density at radius 1 is 1.30 bits per heavy atom. The Hall–Kier alpha value is -0.983. The lowest BCUT2D eigenvalue weighted by molar-refractivity contribution is 0.0980. The number of aliphatic hydroxyl groups excluding tert-OH is 1. The van der Waals surface area contributed by atoms with Gasteiger partial charge in [-0.25, -0.2) is 9.97 Å². The molecule has 0 radical (unpaired) electrons. The van der Waals surface area contributed by atoms with Gasteiger partial charge in [-0.1, -0.05) is 20.8 Å². The lowest BCUT2D eigenvalue weighted by Gasteiger charge is -2.39. The molecule has 1 aliphatic carbocycles. The van der Waals surface area contributed by atoms with Crippen molar-refractivity contribution in [1.29, 1.82) is 0 Å². The van der Waals surface area contributed by atoms with Crippen LogP contribution in [0.4, 0.5) is 5.82 Å². The van der Waals surface area contributed by atoms with Crippen molar-refractivity contribution >= 4 is 14.1 Å². The third kappa shape index (κ3) is 4.52. The van der Waals surface area contributed by atoms with Crippen LogP contribution in [0.2, 0.25) is 18.1 Å². The number of anilines is 1. The Morgan fingerprint density at radius 2 is 2.00 bits per heavy atom. The fraction of sp³-hybridized carbons (Fsp3) is 0.765. The molecule has 2 rings (SSSR count). The molecule has 3 atom stereocenters. The van der Waals surface area contributed by atoms with Crippen molar-refractivity contribution in [2.75, 3.05) is 11.9 Å². The summed E-state index contributed by atoms with van der Waals surface area (Å²) in [6.07, 6.45) is 3.54. The average molecular weight is 338 g/mol. The molecule has 1 aliphatic rings. The number of hydrogen-bond donors (Lipinski definition) is 2. The highest BCUT2D eigenvalue weighted by molar-refractivity contribution is 6.74. The maximum Gasteiger partial charge on any atom is 0.192 e. The fourth-order valence-corrected chi connectivity index (χ4v) is 4.24. The summed E-state index contributed by atoms with van der Waals surface area (Å²) in [6.45, 7) is 13.4. The van der Waals surface area contributed by atoms with Crippen LogP contribution in [0, 0.1) is 12.8 Å². The quantitative estimate of drug-likeness (QED) is 0.807. The average Bonchev–Trinajstić information content (AvgIpc) is 2.78. The number of nitrogens with one attached hydrogen (secondary N) is 1. The van der Waals surface area contributed by atoms with Crippen molar-refractivity contribution in [2.24, 2.45) is 5.92 Å². The summed E-state index contributed by atoms with van der Waals surface area (Å²) in [7, 11) is -1.82. The minimum Gasteiger partial charge on any atom is -0.413 e. The first-order valence-corrected chi connectivity index (χ1v) is 11.4. The molecule has 1 fully saturated rings. The highest BCUT2D eigenvalue weighted by Crippen LogP contribution is 2.41. The number of aliphatic hydroxyl groups is 1. The number of aryl methyl sites for hydroxylation is 1. The summed E-state index contributed by atoms with van der Waals surface area (Å²) in [5, 5.41) is 13.4. The van der Waals surface area contributed by atoms with E-state index in [1.54, 1.807) is 6.33 Å². The van der Waals surface area contributed by atoms with Gasteiger partial charge in [0.05, 0.1) is 6.10 Å². The van der Waals surface area contributed by atoms with E-state index < -0.39 is 8.32 Å². The molecule has 2 N–H and O–H groups in total. The third-order valence-electron chi connectivity index (χ3n) is 5.27. The second-order valence-corrected chi connectivity index (χ2v) is 13.0. The Morgan fingerprint density at radius 3 is 2.57 bits per heavy atom. The van der Waals surface area contributed by atoms with Crippen LogP contribution < -0.4 is 5.32 Å². The molecule has 1 aromatic heterocycles. The van der Waals surface area contributed by atoms with E-state index in [1.807, 2.05) is 13.0 Å². The zero-order valence-electron chi connectivity index (χ0n) is 15.3. The van der Waals surface area contributed by atoms with Crippen molar-refractivity contribution in [2.45, 2.75) is 70.8 Å². The van der Waals surface area contributed by atoms with E-state index in [-0.39, 0.29) is 29.7 Å². The molecular weight excluding hydrogens is 306 g/mol. The number of hydrogen-bond acceptors (Lipinski definition) is 5. The van der Waals surface area contributed by atoms with E-state index in [2.05, 4.69) is 49.1 Å². The molecule has 0 unspecified atom stereocenters. The molecule has 1 heterocycles. The molecule has 0 aromatic carbocycles. The first-order valence-electron chi connectivity index (χ1n) is 8.46. The van der Waals surface area contributed by atoms with Gasteiger partial charge in [0.15, 0.2) is 8.32 Å². The standard InChI is InChI=1S/C17H31N3O2Si/c1-12-7-16(19-11-18-12)20-14-8-13(10-21)15(9-14)22-23(5,6)17(2,3)4/h7,11,13-15,21H,8-10H2,1-6H3,(H,18,19,20)/t13-,14+,15-/m0/s1. The van der Waals surface area contributed by atoms with Crippen molar-refractivity contribution in [3.63, 3.8) is 0 Å². The maximum absolute atomic E-state index is 9.75. The van der Waals surface area contributed by atoms with Crippen LogP contribution in [0.1, 0.15) is 39.3 Å². The molecule has 6 heteroatoms. The van der Waals surface area contributed by atoms with Gasteiger partial charge in [0.1, 0.15) is 12.1 Å². The predicted molar refractivity (Wildman–Crippen MR) is 96.1 cm³/mol. The molecule has 1 aromatic rings. The highest BCUT2D eigenvalue weighted by atomic mass is 28.4. The number of nitrogens with zero attached hydrogens (tertiary/aromatic N) is 2. The maximum atomic E-state index is 9.75. The summed E-state index contributed by atoms with van der Waals surface area (Å²) in [5.74, 6) is 1.05. The number of aromatic nitrogens is 2. The van der Waals surface area contributed by atoms with Crippen LogP contribution in [0.5, 0.6) is 0 Å². The largest absolute Gasteiger partial charge is 0.413 e. The summed E-state index contributed by atoms with van der Waals surface area (Å²) in [5.41, 5.74) is 0.952. The lowest BCUT2D eigenvalue weighted by atomic mass is 10.1. The van der Waals surface area contributed by atoms with Crippen LogP contribution in [0.15, 0.2) is 12.4 Å². The van der Waals surface area contributed by atoms with E-state index in [4.69, 9.17) is 4.43 Å². The molecule has 0 saturated heterocycles. The van der Waals surface area contributed by atoms with Crippen LogP contribution in [-0.2, 0) is 4.43 Å². The Bertz CT molecular complexity index is 531. The van der Waals surface area contributed by atoms with Crippen molar-refractivity contribution in [3.05, 3.63) is 18.1 Å². The minimum absolute atomic E-state index is 0.126. The highest BCUT2D eigenvalue weighted by Gasteiger charge is 2.43. The second-order valence-electron chi connectivity index (χ2n) is 8.22. The molecule has 23 heavy (non-hydrogen) atoms. The second kappa shape index (κ2) is 6.87. The van der Waals surface area contributed by atoms with E-state index in [0.717, 1.165) is 24.4 Å². The van der Waals surface area contributed by atoms with Gasteiger partial charge < -0.3 is 14.8 Å². The van der Waals surface area contributed by atoms with Crippen molar-refractivity contribution < 1.29 is 9.53 Å². The molecule has 0 spiro atoms. The third-order valence-corrected chi connectivity index (χ3v) is 9.78. The Labute approximate surface area is 141 Å². The zero-order valence-corrected chi connectivity index (χ0v) is 16.3. The van der Waals surface area contributed by atoms with Crippen LogP contribution in [0.3, 0.4) is 0 Å². The minimum atomic E-state index is -1.82. The number of rotatable bonds is 5. The van der Waals surface area contributed by atoms with Crippen LogP contribution in [0.25, 0.3) is 0 Å². The molecule has 130 valence electrons. The normalized spacial score (nSPS) is 25.6. The van der Waals surface area contributed by atoms with E-state index in [1.165, 1.54) is 0 Å². The topological polar surface area (TPSA) is 67.3 Å². The SMILES string of the molecule is Cc1cc(N[C@@H]2C[C@@H](CO)[C@@H](O[Si](C)(C)C(C)(C)C)C2)ncn1. The molecule has 0 amide bonds. The van der Waals surface area contributed by atoms with Crippen LogP contribution in [-0.4, -0.2) is 42.1 Å². The van der Waals surface area contributed by atoms with E-state index in [9.17, 15) is 5.11 Å².